The van der Waals surface area contributed by atoms with Crippen molar-refractivity contribution >= 4 is 51.9 Å². The second kappa shape index (κ2) is 5.97. The van der Waals surface area contributed by atoms with Crippen LogP contribution in [0.1, 0.15) is 0 Å². The van der Waals surface area contributed by atoms with Crippen molar-refractivity contribution < 1.29 is 9.90 Å². The number of nitrogens with one attached hydrogen (secondary N) is 1. The summed E-state index contributed by atoms with van der Waals surface area (Å²) in [4.78, 5) is 22.3. The largest absolute Gasteiger partial charge is 0.481 e. The molecule has 0 amide bonds. The lowest BCUT2D eigenvalue weighted by Gasteiger charge is -2.07. The number of halogens is 2. The number of aliphatic carboxylic acids is 1. The molecule has 2 N–H and O–H groups in total. The molecule has 9 heteroatoms. The van der Waals surface area contributed by atoms with E-state index in [1.165, 1.54) is 4.57 Å². The Labute approximate surface area is 130 Å². The lowest BCUT2D eigenvalue weighted by molar-refractivity contribution is -0.133. The Morgan fingerprint density at radius 1 is 1.58 bits per heavy atom. The van der Waals surface area contributed by atoms with Crippen LogP contribution < -0.4 is 5.69 Å². The molecule has 1 aromatic carbocycles. The number of carboxylic acids is 1. The normalized spacial score (nSPS) is 10.6. The number of carboxylic acid groups (broad SMARTS) is 1. The molecule has 0 spiro atoms. The van der Waals surface area contributed by atoms with E-state index in [0.717, 1.165) is 15.3 Å². The lowest BCUT2D eigenvalue weighted by atomic mass is 10.3. The molecular weight excluding hydrogens is 405 g/mol. The van der Waals surface area contributed by atoms with E-state index >= 15 is 0 Å². The molecular formula is C10H7ClIN3O3S. The van der Waals surface area contributed by atoms with Crippen molar-refractivity contribution in [1.82, 2.24) is 14.8 Å². The van der Waals surface area contributed by atoms with E-state index in [-0.39, 0.29) is 10.9 Å². The van der Waals surface area contributed by atoms with Crippen LogP contribution >= 0.6 is 46.0 Å². The molecule has 0 fully saturated rings. The van der Waals surface area contributed by atoms with Gasteiger partial charge >= 0.3 is 11.7 Å². The number of hydrogen-bond donors (Lipinski definition) is 2. The molecule has 1 aromatic heterocycles. The monoisotopic (exact) mass is 411 g/mol. The Bertz CT molecular complexity index is 685. The predicted octanol–water partition coefficient (Wildman–Crippen LogP) is 2.00. The fourth-order valence-electron chi connectivity index (χ4n) is 1.38. The highest BCUT2D eigenvalue weighted by molar-refractivity contribution is 14.1. The summed E-state index contributed by atoms with van der Waals surface area (Å²) in [5, 5.41) is 15.4. The summed E-state index contributed by atoms with van der Waals surface area (Å²) in [6.07, 6.45) is 0. The van der Waals surface area contributed by atoms with Gasteiger partial charge in [0.25, 0.3) is 0 Å². The van der Waals surface area contributed by atoms with Crippen molar-refractivity contribution in [1.29, 1.82) is 0 Å². The fourth-order valence-corrected chi connectivity index (χ4v) is 2.73. The molecule has 6 nitrogen and oxygen atoms in total. The number of hydrogen-bond acceptors (Lipinski definition) is 4. The summed E-state index contributed by atoms with van der Waals surface area (Å²) in [7, 11) is 0. The Balaban J connectivity index is 2.49. The average Bonchev–Trinajstić information content (AvgIpc) is 2.71. The minimum Gasteiger partial charge on any atom is -0.481 e. The molecule has 2 aromatic rings. The van der Waals surface area contributed by atoms with E-state index < -0.39 is 11.7 Å². The zero-order valence-electron chi connectivity index (χ0n) is 9.26. The summed E-state index contributed by atoms with van der Waals surface area (Å²) in [5.41, 5.74) is 0.0111. The van der Waals surface area contributed by atoms with Gasteiger partial charge < -0.3 is 5.11 Å². The molecule has 0 aliphatic rings. The molecule has 19 heavy (non-hydrogen) atoms. The van der Waals surface area contributed by atoms with Gasteiger partial charge in [-0.25, -0.2) is 14.5 Å². The summed E-state index contributed by atoms with van der Waals surface area (Å²) in [5.74, 6) is -1.17. The molecule has 0 atom stereocenters. The minimum atomic E-state index is -0.985. The molecule has 2 rings (SSSR count). The van der Waals surface area contributed by atoms with Gasteiger partial charge in [-0.15, -0.1) is 5.10 Å². The van der Waals surface area contributed by atoms with Crippen molar-refractivity contribution in [3.8, 4) is 5.69 Å². The minimum absolute atomic E-state index is 0.189. The van der Waals surface area contributed by atoms with E-state index in [2.05, 4.69) is 32.8 Å². The Morgan fingerprint density at radius 2 is 2.32 bits per heavy atom. The Hall–Kier alpha value is -1.000. The van der Waals surface area contributed by atoms with Gasteiger partial charge in [-0.05, 0) is 40.8 Å². The molecule has 0 aliphatic carbocycles. The van der Waals surface area contributed by atoms with Crippen LogP contribution in [0.15, 0.2) is 28.2 Å². The third-order valence-electron chi connectivity index (χ3n) is 2.12. The number of aromatic amines is 1. The van der Waals surface area contributed by atoms with Crippen LogP contribution in [0.4, 0.5) is 0 Å². The maximum Gasteiger partial charge on any atom is 0.348 e. The van der Waals surface area contributed by atoms with Crippen LogP contribution in [0.5, 0.6) is 0 Å². The van der Waals surface area contributed by atoms with Crippen LogP contribution in [-0.4, -0.2) is 31.6 Å². The molecule has 0 saturated heterocycles. The van der Waals surface area contributed by atoms with Gasteiger partial charge in [-0.2, -0.15) is 0 Å². The number of aromatic nitrogens is 3. The second-order valence-electron chi connectivity index (χ2n) is 3.42. The van der Waals surface area contributed by atoms with Gasteiger partial charge in [0.2, 0.25) is 0 Å². The standard InChI is InChI=1S/C10H7ClIN3O3S/c11-6-2-1-5(12)3-7(6)15-9(18)13-14-10(15)19-4-8(16)17/h1-3H,4H2,(H,13,18)(H,16,17). The quantitative estimate of drug-likeness (QED) is 0.593. The van der Waals surface area contributed by atoms with Crippen LogP contribution in [-0.2, 0) is 4.79 Å². The van der Waals surface area contributed by atoms with Crippen molar-refractivity contribution in [2.24, 2.45) is 0 Å². The lowest BCUT2D eigenvalue weighted by Crippen LogP contribution is -2.16. The third kappa shape index (κ3) is 3.31. The number of rotatable bonds is 4. The van der Waals surface area contributed by atoms with E-state index in [1.54, 1.807) is 12.1 Å². The number of nitrogens with zero attached hydrogens (tertiary/aromatic N) is 2. The highest BCUT2D eigenvalue weighted by atomic mass is 127. The first-order valence-electron chi connectivity index (χ1n) is 4.96. The van der Waals surface area contributed by atoms with Crippen molar-refractivity contribution in [2.75, 3.05) is 5.75 Å². The zero-order valence-corrected chi connectivity index (χ0v) is 13.0. The van der Waals surface area contributed by atoms with Crippen molar-refractivity contribution in [3.63, 3.8) is 0 Å². The smallest absolute Gasteiger partial charge is 0.348 e. The zero-order chi connectivity index (χ0) is 14.0. The first-order valence-corrected chi connectivity index (χ1v) is 7.40. The van der Waals surface area contributed by atoms with Gasteiger partial charge in [0.1, 0.15) is 0 Å². The van der Waals surface area contributed by atoms with Gasteiger partial charge in [0, 0.05) is 3.57 Å². The van der Waals surface area contributed by atoms with Gasteiger partial charge in [-0.3, -0.25) is 4.79 Å². The van der Waals surface area contributed by atoms with Crippen LogP contribution in [0.3, 0.4) is 0 Å². The van der Waals surface area contributed by atoms with E-state index in [1.807, 2.05) is 6.07 Å². The summed E-state index contributed by atoms with van der Waals surface area (Å²) in [6.45, 7) is 0. The maximum absolute atomic E-state index is 11.8. The number of H-pyrrole nitrogens is 1. The molecule has 0 bridgehead atoms. The highest BCUT2D eigenvalue weighted by Crippen LogP contribution is 2.25. The van der Waals surface area contributed by atoms with Gasteiger partial charge in [0.15, 0.2) is 5.16 Å². The van der Waals surface area contributed by atoms with E-state index in [4.69, 9.17) is 16.7 Å². The second-order valence-corrected chi connectivity index (χ2v) is 6.02. The highest BCUT2D eigenvalue weighted by Gasteiger charge is 2.15. The average molecular weight is 412 g/mol. The molecule has 0 radical (unpaired) electrons. The van der Waals surface area contributed by atoms with Gasteiger partial charge in [0.05, 0.1) is 16.5 Å². The Morgan fingerprint density at radius 3 is 3.00 bits per heavy atom. The van der Waals surface area contributed by atoms with Crippen molar-refractivity contribution in [2.45, 2.75) is 5.16 Å². The number of benzene rings is 1. The number of thioether (sulfide) groups is 1. The van der Waals surface area contributed by atoms with Gasteiger partial charge in [-0.1, -0.05) is 23.4 Å². The summed E-state index contributed by atoms with van der Waals surface area (Å²) >= 11 is 9.11. The van der Waals surface area contributed by atoms with Crippen LogP contribution in [0, 0.1) is 3.57 Å². The summed E-state index contributed by atoms with van der Waals surface area (Å²) in [6, 6.07) is 5.20. The molecule has 0 saturated carbocycles. The first kappa shape index (κ1) is 14.4. The van der Waals surface area contributed by atoms with E-state index in [0.29, 0.717) is 10.7 Å². The maximum atomic E-state index is 11.8. The predicted molar refractivity (Wildman–Crippen MR) is 80.3 cm³/mol. The van der Waals surface area contributed by atoms with Crippen LogP contribution in [0.25, 0.3) is 5.69 Å². The third-order valence-corrected chi connectivity index (χ3v) is 4.03. The fraction of sp³-hybridized carbons (Fsp3) is 0.100. The van der Waals surface area contributed by atoms with Crippen molar-refractivity contribution in [3.05, 3.63) is 37.3 Å². The molecule has 100 valence electrons. The topological polar surface area (TPSA) is 88.0 Å². The summed E-state index contributed by atoms with van der Waals surface area (Å²) < 4.78 is 2.16. The Kier molecular flexibility index (Phi) is 4.53. The molecule has 1 heterocycles. The van der Waals surface area contributed by atoms with Crippen LogP contribution in [0.2, 0.25) is 5.02 Å². The van der Waals surface area contributed by atoms with E-state index in [9.17, 15) is 9.59 Å². The number of carbonyl (C=O) groups is 1. The molecule has 0 unspecified atom stereocenters. The SMILES string of the molecule is O=C(O)CSc1n[nH]c(=O)n1-c1cc(I)ccc1Cl. The first-order chi connectivity index (χ1) is 8.99. The molecule has 0 aliphatic heterocycles.